The maximum atomic E-state index is 10.8. The molecule has 6 nitrogen and oxygen atoms in total. The second-order valence-electron chi connectivity index (χ2n) is 5.17. The van der Waals surface area contributed by atoms with E-state index in [9.17, 15) is 4.79 Å². The Hall–Kier alpha value is -1.76. The number of aromatic nitrogens is 4. The highest BCUT2D eigenvalue weighted by atomic mass is 32.1. The van der Waals surface area contributed by atoms with Gasteiger partial charge in [-0.15, -0.1) is 16.4 Å². The molecule has 2 heterocycles. The first kappa shape index (κ1) is 13.2. The Morgan fingerprint density at radius 1 is 1.55 bits per heavy atom. The molecule has 0 amide bonds. The fourth-order valence-corrected chi connectivity index (χ4v) is 3.65. The summed E-state index contributed by atoms with van der Waals surface area (Å²) in [5, 5.41) is 20.7. The van der Waals surface area contributed by atoms with E-state index < -0.39 is 5.97 Å². The lowest BCUT2D eigenvalue weighted by atomic mass is 10.1. The average molecular weight is 292 g/mol. The van der Waals surface area contributed by atoms with Crippen molar-refractivity contribution in [2.75, 3.05) is 0 Å². The number of carboxylic acids is 1. The predicted molar refractivity (Wildman–Crippen MR) is 74.6 cm³/mol. The van der Waals surface area contributed by atoms with Crippen molar-refractivity contribution in [2.24, 2.45) is 5.92 Å². The van der Waals surface area contributed by atoms with Crippen molar-refractivity contribution >= 4 is 17.3 Å². The summed E-state index contributed by atoms with van der Waals surface area (Å²) in [7, 11) is 0. The molecule has 20 heavy (non-hydrogen) atoms. The molecule has 1 N–H and O–H groups in total. The number of fused-ring (bicyclic) bond motifs is 1. The third-order valence-corrected chi connectivity index (χ3v) is 4.93. The molecule has 0 aliphatic heterocycles. The zero-order chi connectivity index (χ0) is 14.1. The molecule has 0 aromatic carbocycles. The summed E-state index contributed by atoms with van der Waals surface area (Å²) in [4.78, 5) is 13.4. The summed E-state index contributed by atoms with van der Waals surface area (Å²) in [5.41, 5.74) is 1.42. The molecular weight excluding hydrogens is 276 g/mol. The molecule has 0 spiro atoms. The van der Waals surface area contributed by atoms with Crippen LogP contribution < -0.4 is 0 Å². The Morgan fingerprint density at radius 3 is 3.15 bits per heavy atom. The number of hydrogen-bond donors (Lipinski definition) is 1. The quantitative estimate of drug-likeness (QED) is 0.911. The second-order valence-corrected chi connectivity index (χ2v) is 6.30. The van der Waals surface area contributed by atoms with Crippen LogP contribution in [0.25, 0.3) is 10.7 Å². The zero-order valence-electron chi connectivity index (χ0n) is 11.2. The van der Waals surface area contributed by atoms with Crippen molar-refractivity contribution in [1.29, 1.82) is 0 Å². The summed E-state index contributed by atoms with van der Waals surface area (Å²) in [5.74, 6) is -0.419. The Bertz CT molecular complexity index is 613. The summed E-state index contributed by atoms with van der Waals surface area (Å²) < 4.78 is 1.71. The third kappa shape index (κ3) is 2.45. The number of tetrazole rings is 1. The molecule has 1 atom stereocenters. The van der Waals surface area contributed by atoms with Crippen molar-refractivity contribution in [3.63, 3.8) is 0 Å². The summed E-state index contributed by atoms with van der Waals surface area (Å²) in [6.45, 7) is 2.23. The minimum atomic E-state index is -0.783. The van der Waals surface area contributed by atoms with Gasteiger partial charge < -0.3 is 5.11 Å². The van der Waals surface area contributed by atoms with Gasteiger partial charge in [0, 0.05) is 11.4 Å². The molecule has 1 unspecified atom stereocenters. The second kappa shape index (κ2) is 5.32. The van der Waals surface area contributed by atoms with E-state index in [1.165, 1.54) is 16.9 Å². The Labute approximate surface area is 120 Å². The van der Waals surface area contributed by atoms with Crippen molar-refractivity contribution in [3.05, 3.63) is 16.5 Å². The van der Waals surface area contributed by atoms with Gasteiger partial charge in [0.25, 0.3) is 0 Å². The SMILES string of the molecule is CC(CCn1nnnc1-c1cc2c(s1)CCC2)C(=O)O. The van der Waals surface area contributed by atoms with Crippen LogP contribution in [0.15, 0.2) is 6.07 Å². The molecule has 0 saturated heterocycles. The van der Waals surface area contributed by atoms with Crippen LogP contribution in [0.4, 0.5) is 0 Å². The van der Waals surface area contributed by atoms with Crippen LogP contribution in [-0.4, -0.2) is 31.3 Å². The average Bonchev–Trinajstić information content (AvgIpc) is 3.09. The molecule has 3 rings (SSSR count). The van der Waals surface area contributed by atoms with Gasteiger partial charge in [-0.2, -0.15) is 0 Å². The van der Waals surface area contributed by atoms with Crippen molar-refractivity contribution < 1.29 is 9.90 Å². The van der Waals surface area contributed by atoms with Gasteiger partial charge in [0.2, 0.25) is 0 Å². The first-order valence-corrected chi connectivity index (χ1v) is 7.57. The van der Waals surface area contributed by atoms with Gasteiger partial charge in [0.15, 0.2) is 5.82 Å². The third-order valence-electron chi connectivity index (χ3n) is 3.69. The first-order valence-electron chi connectivity index (χ1n) is 6.76. The Morgan fingerprint density at radius 2 is 2.40 bits per heavy atom. The fraction of sp³-hybridized carbons (Fsp3) is 0.538. The number of rotatable bonds is 5. The van der Waals surface area contributed by atoms with Crippen LogP contribution in [0.1, 0.15) is 30.2 Å². The van der Waals surface area contributed by atoms with Gasteiger partial charge in [-0.05, 0) is 47.7 Å². The molecule has 1 aliphatic carbocycles. The van der Waals surface area contributed by atoms with Crippen LogP contribution in [0.2, 0.25) is 0 Å². The number of thiophene rings is 1. The lowest BCUT2D eigenvalue weighted by Gasteiger charge is -2.06. The van der Waals surface area contributed by atoms with Gasteiger partial charge in [-0.1, -0.05) is 6.92 Å². The summed E-state index contributed by atoms with van der Waals surface area (Å²) in [6, 6.07) is 2.18. The van der Waals surface area contributed by atoms with Crippen molar-refractivity contribution in [2.45, 2.75) is 39.2 Å². The minimum Gasteiger partial charge on any atom is -0.481 e. The molecular formula is C13H16N4O2S. The van der Waals surface area contributed by atoms with Gasteiger partial charge in [-0.25, -0.2) is 4.68 Å². The molecule has 106 valence electrons. The number of hydrogen-bond acceptors (Lipinski definition) is 5. The molecule has 0 saturated carbocycles. The van der Waals surface area contributed by atoms with E-state index >= 15 is 0 Å². The normalized spacial score (nSPS) is 15.2. The van der Waals surface area contributed by atoms with E-state index in [-0.39, 0.29) is 5.92 Å². The smallest absolute Gasteiger partial charge is 0.306 e. The van der Waals surface area contributed by atoms with E-state index in [0.29, 0.717) is 13.0 Å². The van der Waals surface area contributed by atoms with Crippen LogP contribution in [0.3, 0.4) is 0 Å². The van der Waals surface area contributed by atoms with Gasteiger partial charge >= 0.3 is 5.97 Å². The van der Waals surface area contributed by atoms with E-state index in [1.54, 1.807) is 22.9 Å². The summed E-state index contributed by atoms with van der Waals surface area (Å²) >= 11 is 1.75. The van der Waals surface area contributed by atoms with Crippen LogP contribution in [0.5, 0.6) is 0 Å². The summed E-state index contributed by atoms with van der Waals surface area (Å²) in [6.07, 6.45) is 4.06. The largest absolute Gasteiger partial charge is 0.481 e. The maximum Gasteiger partial charge on any atom is 0.306 e. The van der Waals surface area contributed by atoms with E-state index in [1.807, 2.05) is 0 Å². The zero-order valence-corrected chi connectivity index (χ0v) is 12.1. The minimum absolute atomic E-state index is 0.389. The highest BCUT2D eigenvalue weighted by Crippen LogP contribution is 2.35. The number of carbonyl (C=O) groups is 1. The highest BCUT2D eigenvalue weighted by molar-refractivity contribution is 7.15. The first-order chi connectivity index (χ1) is 9.65. The molecule has 0 radical (unpaired) electrons. The lowest BCUT2D eigenvalue weighted by Crippen LogP contribution is -2.13. The van der Waals surface area contributed by atoms with Crippen molar-refractivity contribution in [3.8, 4) is 10.7 Å². The monoisotopic (exact) mass is 292 g/mol. The van der Waals surface area contributed by atoms with E-state index in [2.05, 4.69) is 21.6 Å². The molecule has 2 aromatic heterocycles. The predicted octanol–water partition coefficient (Wildman–Crippen LogP) is 2.00. The molecule has 1 aliphatic rings. The Balaban J connectivity index is 1.77. The molecule has 7 heteroatoms. The van der Waals surface area contributed by atoms with E-state index in [4.69, 9.17) is 5.11 Å². The number of carboxylic acid groups (broad SMARTS) is 1. The van der Waals surface area contributed by atoms with E-state index in [0.717, 1.165) is 23.5 Å². The van der Waals surface area contributed by atoms with Gasteiger partial charge in [0.05, 0.1) is 10.8 Å². The van der Waals surface area contributed by atoms with Gasteiger partial charge in [0.1, 0.15) is 0 Å². The molecule has 2 aromatic rings. The molecule has 0 fully saturated rings. The fourth-order valence-electron chi connectivity index (χ4n) is 2.41. The molecule has 0 bridgehead atoms. The standard InChI is InChI=1S/C13H16N4O2S/c1-8(13(18)19)5-6-17-12(14-15-16-17)11-7-9-3-2-4-10(9)20-11/h7-8H,2-6H2,1H3,(H,18,19). The Kier molecular flexibility index (Phi) is 3.52. The number of nitrogens with zero attached hydrogens (tertiary/aromatic N) is 4. The van der Waals surface area contributed by atoms with Crippen LogP contribution in [-0.2, 0) is 24.2 Å². The number of aliphatic carboxylic acids is 1. The topological polar surface area (TPSA) is 80.9 Å². The van der Waals surface area contributed by atoms with Crippen LogP contribution >= 0.6 is 11.3 Å². The number of aryl methyl sites for hydroxylation is 3. The highest BCUT2D eigenvalue weighted by Gasteiger charge is 2.19. The maximum absolute atomic E-state index is 10.8. The lowest BCUT2D eigenvalue weighted by molar-refractivity contribution is -0.141. The van der Waals surface area contributed by atoms with Crippen molar-refractivity contribution in [1.82, 2.24) is 20.2 Å². The van der Waals surface area contributed by atoms with Gasteiger partial charge in [-0.3, -0.25) is 4.79 Å². The van der Waals surface area contributed by atoms with Crippen LogP contribution in [0, 0.1) is 5.92 Å².